The first-order valence-corrected chi connectivity index (χ1v) is 12.2. The molecule has 1 amide bonds. The molecule has 4 aromatic rings. The van der Waals surface area contributed by atoms with E-state index in [-0.39, 0.29) is 6.09 Å². The number of carbonyl (C=O) groups is 1. The summed E-state index contributed by atoms with van der Waals surface area (Å²) in [5, 5.41) is 4.67. The number of anilines is 2. The second-order valence-electron chi connectivity index (χ2n) is 10.1. The number of fused-ring (bicyclic) bond motifs is 1. The SMILES string of the molecule is Cn1ccc2ccc(Nc3cc(-c4ccccc4)nc(C4=CCN(C(=O)OC(C)(C)C)CC4)n3)cc21. The van der Waals surface area contributed by atoms with E-state index in [2.05, 4.69) is 40.3 Å². The molecule has 0 saturated heterocycles. The molecule has 7 heteroatoms. The Hall–Kier alpha value is -4.13. The van der Waals surface area contributed by atoms with Crippen LogP contribution in [0.4, 0.5) is 16.3 Å². The average molecular weight is 482 g/mol. The Morgan fingerprint density at radius 2 is 1.83 bits per heavy atom. The lowest BCUT2D eigenvalue weighted by Crippen LogP contribution is -2.39. The Balaban J connectivity index is 1.45. The first-order valence-electron chi connectivity index (χ1n) is 12.2. The first-order chi connectivity index (χ1) is 17.2. The third-order valence-corrected chi connectivity index (χ3v) is 6.10. The van der Waals surface area contributed by atoms with Crippen molar-refractivity contribution in [2.24, 2.45) is 7.05 Å². The van der Waals surface area contributed by atoms with Gasteiger partial charge in [0.05, 0.1) is 5.69 Å². The number of benzene rings is 2. The van der Waals surface area contributed by atoms with Crippen molar-refractivity contribution in [3.8, 4) is 11.3 Å². The van der Waals surface area contributed by atoms with Crippen molar-refractivity contribution in [1.29, 1.82) is 0 Å². The van der Waals surface area contributed by atoms with Gasteiger partial charge in [-0.1, -0.05) is 42.5 Å². The van der Waals surface area contributed by atoms with E-state index in [0.717, 1.165) is 33.9 Å². The van der Waals surface area contributed by atoms with Crippen molar-refractivity contribution < 1.29 is 9.53 Å². The van der Waals surface area contributed by atoms with Crippen molar-refractivity contribution in [2.75, 3.05) is 18.4 Å². The van der Waals surface area contributed by atoms with Crippen LogP contribution in [-0.2, 0) is 11.8 Å². The van der Waals surface area contributed by atoms with E-state index < -0.39 is 5.60 Å². The molecule has 0 radical (unpaired) electrons. The van der Waals surface area contributed by atoms with Crippen molar-refractivity contribution in [1.82, 2.24) is 19.4 Å². The van der Waals surface area contributed by atoms with Gasteiger partial charge in [0, 0.05) is 49.2 Å². The summed E-state index contributed by atoms with van der Waals surface area (Å²) in [6, 6.07) is 20.5. The first kappa shape index (κ1) is 23.6. The van der Waals surface area contributed by atoms with Crippen LogP contribution in [0.1, 0.15) is 33.0 Å². The zero-order valence-corrected chi connectivity index (χ0v) is 21.2. The highest BCUT2D eigenvalue weighted by Gasteiger charge is 2.25. The van der Waals surface area contributed by atoms with Gasteiger partial charge in [0.25, 0.3) is 0 Å². The van der Waals surface area contributed by atoms with Gasteiger partial charge in [0.15, 0.2) is 5.82 Å². The van der Waals surface area contributed by atoms with Crippen LogP contribution < -0.4 is 5.32 Å². The number of hydrogen-bond acceptors (Lipinski definition) is 5. The number of hydrogen-bond donors (Lipinski definition) is 1. The zero-order valence-electron chi connectivity index (χ0n) is 21.2. The molecule has 36 heavy (non-hydrogen) atoms. The van der Waals surface area contributed by atoms with Gasteiger partial charge in [-0.2, -0.15) is 0 Å². The van der Waals surface area contributed by atoms with Gasteiger partial charge < -0.3 is 19.5 Å². The maximum Gasteiger partial charge on any atom is 0.410 e. The van der Waals surface area contributed by atoms with Crippen LogP contribution in [0.25, 0.3) is 27.7 Å². The number of carbonyl (C=O) groups excluding carboxylic acids is 1. The summed E-state index contributed by atoms with van der Waals surface area (Å²) in [7, 11) is 2.04. The Kier molecular flexibility index (Phi) is 6.22. The Morgan fingerprint density at radius 1 is 1.03 bits per heavy atom. The lowest BCUT2D eigenvalue weighted by Gasteiger charge is -2.29. The minimum absolute atomic E-state index is 0.296. The number of aromatic nitrogens is 3. The van der Waals surface area contributed by atoms with Crippen molar-refractivity contribution in [2.45, 2.75) is 32.8 Å². The van der Waals surface area contributed by atoms with E-state index in [0.29, 0.717) is 25.3 Å². The lowest BCUT2D eigenvalue weighted by atomic mass is 10.1. The summed E-state index contributed by atoms with van der Waals surface area (Å²) in [4.78, 5) is 24.0. The largest absolute Gasteiger partial charge is 0.444 e. The lowest BCUT2D eigenvalue weighted by molar-refractivity contribution is 0.0270. The summed E-state index contributed by atoms with van der Waals surface area (Å²) >= 11 is 0. The maximum absolute atomic E-state index is 12.5. The second-order valence-corrected chi connectivity index (χ2v) is 10.1. The molecule has 1 N–H and O–H groups in total. The molecule has 0 spiro atoms. The fourth-order valence-corrected chi connectivity index (χ4v) is 4.26. The molecule has 7 nitrogen and oxygen atoms in total. The monoisotopic (exact) mass is 481 g/mol. The van der Waals surface area contributed by atoms with Crippen molar-refractivity contribution in [3.63, 3.8) is 0 Å². The Labute approximate surface area is 211 Å². The minimum atomic E-state index is -0.517. The molecule has 0 bridgehead atoms. The molecule has 0 aliphatic carbocycles. The van der Waals surface area contributed by atoms with E-state index in [1.807, 2.05) is 70.3 Å². The number of ether oxygens (including phenoxy) is 1. The van der Waals surface area contributed by atoms with Gasteiger partial charge in [0.1, 0.15) is 11.4 Å². The quantitative estimate of drug-likeness (QED) is 0.365. The summed E-state index contributed by atoms with van der Waals surface area (Å²) in [6.07, 6.45) is 4.44. The molecular weight excluding hydrogens is 450 g/mol. The van der Waals surface area contributed by atoms with E-state index in [9.17, 15) is 4.79 Å². The molecule has 1 aliphatic rings. The van der Waals surface area contributed by atoms with Crippen molar-refractivity contribution in [3.05, 3.63) is 78.8 Å². The number of rotatable bonds is 4. The summed E-state index contributed by atoms with van der Waals surface area (Å²) in [5.74, 6) is 1.39. The molecule has 5 rings (SSSR count). The van der Waals surface area contributed by atoms with Crippen LogP contribution in [0.15, 0.2) is 72.9 Å². The molecular formula is C29H31N5O2. The number of aryl methyl sites for hydroxylation is 1. The van der Waals surface area contributed by atoms with Crippen LogP contribution in [0.3, 0.4) is 0 Å². The normalized spacial score (nSPS) is 14.0. The van der Waals surface area contributed by atoms with Gasteiger partial charge in [-0.05, 0) is 56.4 Å². The average Bonchev–Trinajstić information content (AvgIpc) is 3.23. The fraction of sp³-hybridized carbons (Fsp3) is 0.276. The van der Waals surface area contributed by atoms with E-state index >= 15 is 0 Å². The molecule has 184 valence electrons. The molecule has 0 fully saturated rings. The summed E-state index contributed by atoms with van der Waals surface area (Å²) in [5.41, 5.74) is 4.48. The second kappa shape index (κ2) is 9.49. The summed E-state index contributed by atoms with van der Waals surface area (Å²) in [6.45, 7) is 6.66. The van der Waals surface area contributed by atoms with E-state index in [4.69, 9.17) is 14.7 Å². The third-order valence-electron chi connectivity index (χ3n) is 6.10. The molecule has 0 atom stereocenters. The van der Waals surface area contributed by atoms with Crippen LogP contribution >= 0.6 is 0 Å². The highest BCUT2D eigenvalue weighted by Crippen LogP contribution is 2.28. The van der Waals surface area contributed by atoms with Gasteiger partial charge in [0.2, 0.25) is 0 Å². The van der Waals surface area contributed by atoms with E-state index in [1.54, 1.807) is 4.90 Å². The molecule has 2 aromatic heterocycles. The fourth-order valence-electron chi connectivity index (χ4n) is 4.26. The topological polar surface area (TPSA) is 72.3 Å². The number of amides is 1. The standard InChI is InChI=1S/C29H31N5O2/c1-29(2,3)36-28(35)34-16-13-22(14-17-34)27-31-24(20-8-6-5-7-9-20)19-26(32-27)30-23-11-10-21-12-15-33(4)25(21)18-23/h5-13,15,18-19H,14,16-17H2,1-4H3,(H,30,31,32). The van der Waals surface area contributed by atoms with Gasteiger partial charge in [-0.25, -0.2) is 14.8 Å². The molecule has 3 heterocycles. The van der Waals surface area contributed by atoms with Crippen LogP contribution in [-0.4, -0.2) is 44.2 Å². The van der Waals surface area contributed by atoms with E-state index in [1.165, 1.54) is 5.39 Å². The predicted octanol–water partition coefficient (Wildman–Crippen LogP) is 6.40. The maximum atomic E-state index is 12.5. The summed E-state index contributed by atoms with van der Waals surface area (Å²) < 4.78 is 7.63. The minimum Gasteiger partial charge on any atom is -0.444 e. The van der Waals surface area contributed by atoms with Gasteiger partial charge >= 0.3 is 6.09 Å². The zero-order chi connectivity index (χ0) is 25.3. The molecule has 0 saturated carbocycles. The predicted molar refractivity (Wildman–Crippen MR) is 144 cm³/mol. The van der Waals surface area contributed by atoms with Crippen LogP contribution in [0, 0.1) is 0 Å². The molecule has 2 aromatic carbocycles. The number of nitrogens with one attached hydrogen (secondary N) is 1. The highest BCUT2D eigenvalue weighted by molar-refractivity contribution is 5.84. The van der Waals surface area contributed by atoms with Gasteiger partial charge in [-0.3, -0.25) is 0 Å². The Bertz CT molecular complexity index is 1430. The van der Waals surface area contributed by atoms with Crippen molar-refractivity contribution >= 4 is 34.1 Å². The van der Waals surface area contributed by atoms with Crippen LogP contribution in [0.5, 0.6) is 0 Å². The molecule has 1 aliphatic heterocycles. The third kappa shape index (κ3) is 5.25. The van der Waals surface area contributed by atoms with Gasteiger partial charge in [-0.15, -0.1) is 0 Å². The molecule has 0 unspecified atom stereocenters. The smallest absolute Gasteiger partial charge is 0.410 e. The number of nitrogens with zero attached hydrogens (tertiary/aromatic N) is 4. The van der Waals surface area contributed by atoms with Crippen LogP contribution in [0.2, 0.25) is 0 Å². The Morgan fingerprint density at radius 3 is 2.56 bits per heavy atom. The highest BCUT2D eigenvalue weighted by atomic mass is 16.6.